The van der Waals surface area contributed by atoms with Crippen molar-refractivity contribution in [1.82, 2.24) is 14.8 Å². The molecule has 0 radical (unpaired) electrons. The minimum Gasteiger partial charge on any atom is -0.497 e. The van der Waals surface area contributed by atoms with Crippen LogP contribution in [0.2, 0.25) is 0 Å². The molecule has 1 aliphatic rings. The summed E-state index contributed by atoms with van der Waals surface area (Å²) in [4.78, 5) is 12.7. The molecule has 4 rings (SSSR count). The Kier molecular flexibility index (Phi) is 7.27. The predicted molar refractivity (Wildman–Crippen MR) is 124 cm³/mol. The number of aromatic nitrogens is 3. The maximum absolute atomic E-state index is 13.9. The lowest BCUT2D eigenvalue weighted by atomic mass is 9.95. The van der Waals surface area contributed by atoms with E-state index in [-0.39, 0.29) is 11.7 Å². The van der Waals surface area contributed by atoms with Crippen LogP contribution in [0, 0.1) is 11.6 Å². The van der Waals surface area contributed by atoms with E-state index < -0.39 is 22.8 Å². The lowest BCUT2D eigenvalue weighted by Gasteiger charge is -2.26. The number of benzene rings is 2. The molecule has 1 heterocycles. The summed E-state index contributed by atoms with van der Waals surface area (Å²) >= 11 is 1.26. The first-order chi connectivity index (χ1) is 16.0. The van der Waals surface area contributed by atoms with Gasteiger partial charge in [-0.05, 0) is 56.2 Å². The van der Waals surface area contributed by atoms with Gasteiger partial charge in [0.2, 0.25) is 5.91 Å². The molecule has 33 heavy (non-hydrogen) atoms. The number of nitrogens with zero attached hydrogens (tertiary/aromatic N) is 3. The van der Waals surface area contributed by atoms with Crippen LogP contribution in [-0.4, -0.2) is 33.0 Å². The lowest BCUT2D eigenvalue weighted by Crippen LogP contribution is -2.24. The molecule has 6 nitrogen and oxygen atoms in total. The Morgan fingerprint density at radius 1 is 1.12 bits per heavy atom. The van der Waals surface area contributed by atoms with Crippen LogP contribution in [0.3, 0.4) is 0 Å². The minimum absolute atomic E-state index is 0.180. The molecule has 1 saturated carbocycles. The monoisotopic (exact) mass is 472 g/mol. The number of halogens is 2. The molecule has 1 N–H and O–H groups in total. The first-order valence-corrected chi connectivity index (χ1v) is 11.9. The molecular weight excluding hydrogens is 446 g/mol. The molecular formula is C24H26F2N4O2S. The summed E-state index contributed by atoms with van der Waals surface area (Å²) in [6, 6.07) is 10.9. The summed E-state index contributed by atoms with van der Waals surface area (Å²) in [6.45, 7) is 1.71. The van der Waals surface area contributed by atoms with Crippen molar-refractivity contribution >= 4 is 23.4 Å². The average molecular weight is 473 g/mol. The molecule has 0 spiro atoms. The largest absolute Gasteiger partial charge is 0.497 e. The smallest absolute Gasteiger partial charge is 0.237 e. The van der Waals surface area contributed by atoms with Gasteiger partial charge in [-0.2, -0.15) is 0 Å². The number of rotatable bonds is 7. The number of thioether (sulfide) groups is 1. The van der Waals surface area contributed by atoms with E-state index >= 15 is 0 Å². The van der Waals surface area contributed by atoms with E-state index in [1.165, 1.54) is 18.2 Å². The summed E-state index contributed by atoms with van der Waals surface area (Å²) in [5.41, 5.74) is 0.736. The van der Waals surface area contributed by atoms with E-state index in [0.29, 0.717) is 5.16 Å². The van der Waals surface area contributed by atoms with Gasteiger partial charge in [0.05, 0.1) is 18.0 Å². The third-order valence-corrected chi connectivity index (χ3v) is 6.85. The van der Waals surface area contributed by atoms with Gasteiger partial charge in [0, 0.05) is 17.7 Å². The highest BCUT2D eigenvalue weighted by atomic mass is 32.2. The highest BCUT2D eigenvalue weighted by molar-refractivity contribution is 8.00. The molecule has 0 bridgehead atoms. The molecule has 1 unspecified atom stereocenters. The molecule has 1 fully saturated rings. The van der Waals surface area contributed by atoms with Crippen molar-refractivity contribution in [3.05, 3.63) is 54.1 Å². The Hall–Kier alpha value is -2.94. The Morgan fingerprint density at radius 2 is 1.85 bits per heavy atom. The summed E-state index contributed by atoms with van der Waals surface area (Å²) in [6.07, 6.45) is 5.50. The SMILES string of the molecule is COc1ccc(-c2nnc(SC(C)C(=O)Nc3cc(F)ccc3F)n2C2CCCCC2)cc1. The third-order valence-electron chi connectivity index (χ3n) is 5.79. The Morgan fingerprint density at radius 3 is 2.55 bits per heavy atom. The fourth-order valence-electron chi connectivity index (χ4n) is 4.00. The first-order valence-electron chi connectivity index (χ1n) is 11.0. The fraction of sp³-hybridized carbons (Fsp3) is 0.375. The zero-order valence-electron chi connectivity index (χ0n) is 18.6. The van der Waals surface area contributed by atoms with Crippen LogP contribution in [0.15, 0.2) is 47.6 Å². The van der Waals surface area contributed by atoms with Gasteiger partial charge in [-0.15, -0.1) is 10.2 Å². The van der Waals surface area contributed by atoms with Crippen molar-refractivity contribution < 1.29 is 18.3 Å². The summed E-state index contributed by atoms with van der Waals surface area (Å²) in [5, 5.41) is 11.4. The van der Waals surface area contributed by atoms with Crippen LogP contribution in [0.25, 0.3) is 11.4 Å². The average Bonchev–Trinajstić information content (AvgIpc) is 3.25. The molecule has 0 saturated heterocycles. The van der Waals surface area contributed by atoms with E-state index in [0.717, 1.165) is 61.0 Å². The molecule has 1 atom stereocenters. The number of hydrogen-bond acceptors (Lipinski definition) is 5. The standard InChI is InChI=1S/C24H26F2N4O2S/c1-15(23(31)27-21-14-17(25)10-13-20(21)26)33-24-29-28-22(16-8-11-19(32-2)12-9-16)30(24)18-6-4-3-5-7-18/h8-15,18H,3-7H2,1-2H3,(H,27,31). The fourth-order valence-corrected chi connectivity index (χ4v) is 4.92. The summed E-state index contributed by atoms with van der Waals surface area (Å²) in [7, 11) is 1.62. The van der Waals surface area contributed by atoms with E-state index in [9.17, 15) is 13.6 Å². The van der Waals surface area contributed by atoms with Gasteiger partial charge in [-0.25, -0.2) is 8.78 Å². The van der Waals surface area contributed by atoms with Crippen molar-refractivity contribution in [2.24, 2.45) is 0 Å². The zero-order valence-corrected chi connectivity index (χ0v) is 19.4. The van der Waals surface area contributed by atoms with Gasteiger partial charge in [0.1, 0.15) is 17.4 Å². The van der Waals surface area contributed by atoms with Gasteiger partial charge in [-0.1, -0.05) is 31.0 Å². The molecule has 174 valence electrons. The van der Waals surface area contributed by atoms with Crippen molar-refractivity contribution in [2.45, 2.75) is 55.5 Å². The number of nitrogens with one attached hydrogen (secondary N) is 1. The number of ether oxygens (including phenoxy) is 1. The lowest BCUT2D eigenvalue weighted by molar-refractivity contribution is -0.115. The van der Waals surface area contributed by atoms with Crippen molar-refractivity contribution in [1.29, 1.82) is 0 Å². The Balaban J connectivity index is 1.59. The van der Waals surface area contributed by atoms with Crippen LogP contribution < -0.4 is 10.1 Å². The Labute approximate surface area is 195 Å². The van der Waals surface area contributed by atoms with Crippen LogP contribution >= 0.6 is 11.8 Å². The predicted octanol–water partition coefficient (Wildman–Crippen LogP) is 5.86. The van der Waals surface area contributed by atoms with Crippen molar-refractivity contribution in [2.75, 3.05) is 12.4 Å². The molecule has 0 aliphatic heterocycles. The molecule has 1 aromatic heterocycles. The van der Waals surface area contributed by atoms with Gasteiger partial charge >= 0.3 is 0 Å². The second-order valence-electron chi connectivity index (χ2n) is 8.07. The quantitative estimate of drug-likeness (QED) is 0.437. The molecule has 3 aromatic rings. The second kappa shape index (κ2) is 10.3. The topological polar surface area (TPSA) is 69.0 Å². The summed E-state index contributed by atoms with van der Waals surface area (Å²) in [5.74, 6) is -0.237. The van der Waals surface area contributed by atoms with E-state index in [1.807, 2.05) is 24.3 Å². The first kappa shape index (κ1) is 23.2. The molecule has 1 amide bonds. The highest BCUT2D eigenvalue weighted by Gasteiger charge is 2.27. The van der Waals surface area contributed by atoms with E-state index in [2.05, 4.69) is 20.1 Å². The highest BCUT2D eigenvalue weighted by Crippen LogP contribution is 2.37. The van der Waals surface area contributed by atoms with Crippen molar-refractivity contribution in [3.63, 3.8) is 0 Å². The van der Waals surface area contributed by atoms with Crippen LogP contribution in [0.4, 0.5) is 14.5 Å². The Bertz CT molecular complexity index is 1110. The van der Waals surface area contributed by atoms with Gasteiger partial charge in [0.15, 0.2) is 11.0 Å². The molecule has 9 heteroatoms. The number of carbonyl (C=O) groups excluding carboxylic acids is 1. The zero-order chi connectivity index (χ0) is 23.4. The summed E-state index contributed by atoms with van der Waals surface area (Å²) < 4.78 is 34.8. The van der Waals surface area contributed by atoms with E-state index in [1.54, 1.807) is 14.0 Å². The normalized spacial score (nSPS) is 15.3. The number of anilines is 1. The van der Waals surface area contributed by atoms with Gasteiger partial charge in [-0.3, -0.25) is 9.36 Å². The maximum atomic E-state index is 13.9. The third kappa shape index (κ3) is 5.35. The number of hydrogen-bond donors (Lipinski definition) is 1. The number of amides is 1. The second-order valence-corrected chi connectivity index (χ2v) is 9.38. The molecule has 2 aromatic carbocycles. The van der Waals surface area contributed by atoms with Gasteiger partial charge in [0.25, 0.3) is 0 Å². The van der Waals surface area contributed by atoms with Crippen LogP contribution in [0.1, 0.15) is 45.1 Å². The number of carbonyl (C=O) groups is 1. The van der Waals surface area contributed by atoms with Crippen molar-refractivity contribution in [3.8, 4) is 17.1 Å². The molecule has 1 aliphatic carbocycles. The minimum atomic E-state index is -0.686. The maximum Gasteiger partial charge on any atom is 0.237 e. The van der Waals surface area contributed by atoms with Crippen LogP contribution in [0.5, 0.6) is 5.75 Å². The number of methoxy groups -OCH3 is 1. The van der Waals surface area contributed by atoms with Crippen LogP contribution in [-0.2, 0) is 4.79 Å². The van der Waals surface area contributed by atoms with E-state index in [4.69, 9.17) is 4.74 Å². The van der Waals surface area contributed by atoms with Gasteiger partial charge < -0.3 is 10.1 Å².